The maximum absolute atomic E-state index is 12.4. The molecule has 1 aromatic carbocycles. The van der Waals surface area contributed by atoms with Gasteiger partial charge in [-0.1, -0.05) is 30.3 Å². The van der Waals surface area contributed by atoms with Gasteiger partial charge in [-0.15, -0.1) is 12.4 Å². The Bertz CT molecular complexity index is 491. The lowest BCUT2D eigenvalue weighted by atomic mass is 10.1. The molecule has 6 heteroatoms. The molecule has 1 atom stereocenters. The zero-order valence-electron chi connectivity index (χ0n) is 12.8. The van der Waals surface area contributed by atoms with Gasteiger partial charge in [0.05, 0.1) is 19.1 Å². The van der Waals surface area contributed by atoms with Crippen molar-refractivity contribution in [1.82, 2.24) is 10.2 Å². The van der Waals surface area contributed by atoms with E-state index >= 15 is 0 Å². The Morgan fingerprint density at radius 2 is 1.95 bits per heavy atom. The largest absolute Gasteiger partial charge is 0.368 e. The number of nitrogens with two attached hydrogens (primary N) is 1. The van der Waals surface area contributed by atoms with Gasteiger partial charge in [0.2, 0.25) is 11.8 Å². The summed E-state index contributed by atoms with van der Waals surface area (Å²) in [5.41, 5.74) is 6.28. The van der Waals surface area contributed by atoms with Gasteiger partial charge in [-0.05, 0) is 37.8 Å². The standard InChI is InChI=1S/C16H23N3O2.ClH/c1-12(14-5-3-2-4-6-14)19(11-15(17)20)16(21)10-18-9-13-7-8-13;/h2-6,12-13,18H,7-11H2,1H3,(H2,17,20);1H/t12-;/m1./s1. The SMILES string of the molecule is C[C@H](c1ccccc1)N(CC(N)=O)C(=O)CNCC1CC1.Cl. The van der Waals surface area contributed by atoms with Crippen LogP contribution in [0.1, 0.15) is 31.4 Å². The van der Waals surface area contributed by atoms with Crippen LogP contribution in [0.3, 0.4) is 0 Å². The second-order valence-corrected chi connectivity index (χ2v) is 5.65. The monoisotopic (exact) mass is 325 g/mol. The predicted molar refractivity (Wildman–Crippen MR) is 88.6 cm³/mol. The Labute approximate surface area is 137 Å². The summed E-state index contributed by atoms with van der Waals surface area (Å²) in [5.74, 6) is 0.132. The molecule has 0 saturated heterocycles. The summed E-state index contributed by atoms with van der Waals surface area (Å²) in [6, 6.07) is 9.49. The van der Waals surface area contributed by atoms with Crippen molar-refractivity contribution < 1.29 is 9.59 Å². The highest BCUT2D eigenvalue weighted by Crippen LogP contribution is 2.27. The number of carbonyl (C=O) groups is 2. The maximum Gasteiger partial charge on any atom is 0.237 e. The fourth-order valence-corrected chi connectivity index (χ4v) is 2.33. The molecule has 0 aromatic heterocycles. The fraction of sp³-hybridized carbons (Fsp3) is 0.500. The Hall–Kier alpha value is -1.59. The Morgan fingerprint density at radius 1 is 1.32 bits per heavy atom. The molecule has 5 nitrogen and oxygen atoms in total. The Kier molecular flexibility index (Phi) is 7.35. The zero-order valence-corrected chi connectivity index (χ0v) is 13.6. The number of hydrogen-bond donors (Lipinski definition) is 2. The molecule has 3 N–H and O–H groups in total. The first kappa shape index (κ1) is 18.5. The van der Waals surface area contributed by atoms with Gasteiger partial charge in [-0.25, -0.2) is 0 Å². The van der Waals surface area contributed by atoms with E-state index in [1.54, 1.807) is 0 Å². The van der Waals surface area contributed by atoms with E-state index in [1.807, 2.05) is 37.3 Å². The number of amides is 2. The van der Waals surface area contributed by atoms with Gasteiger partial charge in [0.15, 0.2) is 0 Å². The van der Waals surface area contributed by atoms with E-state index in [4.69, 9.17) is 5.73 Å². The minimum Gasteiger partial charge on any atom is -0.368 e. The normalized spacial score (nSPS) is 14.8. The first-order valence-electron chi connectivity index (χ1n) is 7.41. The molecule has 1 aromatic rings. The van der Waals surface area contributed by atoms with E-state index in [9.17, 15) is 9.59 Å². The zero-order chi connectivity index (χ0) is 15.2. The van der Waals surface area contributed by atoms with E-state index in [1.165, 1.54) is 17.7 Å². The number of nitrogens with zero attached hydrogens (tertiary/aromatic N) is 1. The molecule has 0 spiro atoms. The van der Waals surface area contributed by atoms with Crippen LogP contribution in [0.5, 0.6) is 0 Å². The molecule has 0 heterocycles. The number of benzene rings is 1. The summed E-state index contributed by atoms with van der Waals surface area (Å²) >= 11 is 0. The molecular formula is C16H24ClN3O2. The molecule has 122 valence electrons. The van der Waals surface area contributed by atoms with Crippen LogP contribution in [-0.4, -0.2) is 36.3 Å². The highest BCUT2D eigenvalue weighted by molar-refractivity contribution is 5.85. The minimum atomic E-state index is -0.492. The van der Waals surface area contributed by atoms with Crippen molar-refractivity contribution in [2.45, 2.75) is 25.8 Å². The van der Waals surface area contributed by atoms with Crippen molar-refractivity contribution in [3.05, 3.63) is 35.9 Å². The van der Waals surface area contributed by atoms with Gasteiger partial charge in [0.1, 0.15) is 0 Å². The molecule has 22 heavy (non-hydrogen) atoms. The lowest BCUT2D eigenvalue weighted by Crippen LogP contribution is -2.44. The molecule has 0 bridgehead atoms. The second kappa shape index (κ2) is 8.76. The molecular weight excluding hydrogens is 302 g/mol. The van der Waals surface area contributed by atoms with Crippen LogP contribution < -0.4 is 11.1 Å². The molecule has 1 saturated carbocycles. The minimum absolute atomic E-state index is 0. The van der Waals surface area contributed by atoms with E-state index in [0.717, 1.165) is 12.1 Å². The van der Waals surface area contributed by atoms with E-state index < -0.39 is 5.91 Å². The molecule has 1 aliphatic rings. The first-order chi connectivity index (χ1) is 10.1. The van der Waals surface area contributed by atoms with Crippen molar-refractivity contribution in [3.63, 3.8) is 0 Å². The summed E-state index contributed by atoms with van der Waals surface area (Å²) in [6.45, 7) is 2.98. The molecule has 0 aliphatic heterocycles. The smallest absolute Gasteiger partial charge is 0.237 e. The Balaban J connectivity index is 0.00000242. The number of carbonyl (C=O) groups excluding carboxylic acids is 2. The third kappa shape index (κ3) is 5.66. The fourth-order valence-electron chi connectivity index (χ4n) is 2.33. The van der Waals surface area contributed by atoms with Gasteiger partial charge in [-0.2, -0.15) is 0 Å². The number of rotatable bonds is 8. The van der Waals surface area contributed by atoms with Crippen molar-refractivity contribution >= 4 is 24.2 Å². The van der Waals surface area contributed by atoms with Crippen LogP contribution in [0, 0.1) is 5.92 Å². The number of nitrogens with one attached hydrogen (secondary N) is 1. The van der Waals surface area contributed by atoms with Crippen molar-refractivity contribution in [3.8, 4) is 0 Å². The highest BCUT2D eigenvalue weighted by atomic mass is 35.5. The van der Waals surface area contributed by atoms with Crippen molar-refractivity contribution in [1.29, 1.82) is 0 Å². The van der Waals surface area contributed by atoms with E-state index in [-0.39, 0.29) is 37.4 Å². The van der Waals surface area contributed by atoms with Gasteiger partial charge in [-0.3, -0.25) is 9.59 Å². The molecule has 2 amide bonds. The molecule has 0 radical (unpaired) electrons. The highest BCUT2D eigenvalue weighted by Gasteiger charge is 2.24. The van der Waals surface area contributed by atoms with Gasteiger partial charge >= 0.3 is 0 Å². The summed E-state index contributed by atoms with van der Waals surface area (Å²) in [7, 11) is 0. The number of primary amides is 1. The third-order valence-electron chi connectivity index (χ3n) is 3.80. The van der Waals surface area contributed by atoms with Gasteiger partial charge in [0.25, 0.3) is 0 Å². The van der Waals surface area contributed by atoms with Crippen LogP contribution in [-0.2, 0) is 9.59 Å². The van der Waals surface area contributed by atoms with E-state index in [0.29, 0.717) is 5.92 Å². The average Bonchev–Trinajstić information content (AvgIpc) is 3.29. The predicted octanol–water partition coefficient (Wildman–Crippen LogP) is 1.48. The van der Waals surface area contributed by atoms with Gasteiger partial charge < -0.3 is 16.0 Å². The molecule has 2 rings (SSSR count). The van der Waals surface area contributed by atoms with Crippen LogP contribution in [0.25, 0.3) is 0 Å². The lowest BCUT2D eigenvalue weighted by molar-refractivity contribution is -0.136. The summed E-state index contributed by atoms with van der Waals surface area (Å²) in [6.07, 6.45) is 2.49. The summed E-state index contributed by atoms with van der Waals surface area (Å²) < 4.78 is 0. The van der Waals surface area contributed by atoms with Crippen molar-refractivity contribution in [2.24, 2.45) is 11.7 Å². The van der Waals surface area contributed by atoms with E-state index in [2.05, 4.69) is 5.32 Å². The molecule has 1 aliphatic carbocycles. The molecule has 0 unspecified atom stereocenters. The molecule has 1 fully saturated rings. The second-order valence-electron chi connectivity index (χ2n) is 5.65. The quantitative estimate of drug-likeness (QED) is 0.760. The van der Waals surface area contributed by atoms with Crippen molar-refractivity contribution in [2.75, 3.05) is 19.6 Å². The number of hydrogen-bond acceptors (Lipinski definition) is 3. The average molecular weight is 326 g/mol. The lowest BCUT2D eigenvalue weighted by Gasteiger charge is -2.28. The van der Waals surface area contributed by atoms with Crippen LogP contribution in [0.15, 0.2) is 30.3 Å². The maximum atomic E-state index is 12.4. The topological polar surface area (TPSA) is 75.4 Å². The summed E-state index contributed by atoms with van der Waals surface area (Å²) in [5, 5.41) is 3.16. The summed E-state index contributed by atoms with van der Waals surface area (Å²) in [4.78, 5) is 25.1. The van der Waals surface area contributed by atoms with Crippen LogP contribution >= 0.6 is 12.4 Å². The first-order valence-corrected chi connectivity index (χ1v) is 7.41. The third-order valence-corrected chi connectivity index (χ3v) is 3.80. The van der Waals surface area contributed by atoms with Gasteiger partial charge in [0, 0.05) is 0 Å². The van der Waals surface area contributed by atoms with Crippen LogP contribution in [0.2, 0.25) is 0 Å². The number of halogens is 1. The van der Waals surface area contributed by atoms with Crippen LogP contribution in [0.4, 0.5) is 0 Å². The Morgan fingerprint density at radius 3 is 2.50 bits per heavy atom.